The maximum atomic E-state index is 13.6. The minimum atomic E-state index is -0.509. The van der Waals surface area contributed by atoms with E-state index >= 15 is 0 Å². The Morgan fingerprint density at radius 1 is 1.28 bits per heavy atom. The summed E-state index contributed by atoms with van der Waals surface area (Å²) in [5.41, 5.74) is 2.61. The Morgan fingerprint density at radius 3 is 2.79 bits per heavy atom. The van der Waals surface area contributed by atoms with Gasteiger partial charge in [-0.1, -0.05) is 29.5 Å². The first kappa shape index (κ1) is 19.1. The van der Waals surface area contributed by atoms with Gasteiger partial charge in [0, 0.05) is 18.1 Å². The predicted molar refractivity (Wildman–Crippen MR) is 106 cm³/mol. The molecule has 29 heavy (non-hydrogen) atoms. The zero-order chi connectivity index (χ0) is 20.6. The van der Waals surface area contributed by atoms with E-state index in [4.69, 9.17) is 4.74 Å². The average Bonchev–Trinajstić information content (AvgIpc) is 3.01. The number of carbonyl (C=O) groups is 1. The van der Waals surface area contributed by atoms with E-state index in [9.17, 15) is 9.18 Å². The molecule has 150 valence electrons. The molecular weight excluding hydrogens is 371 g/mol. The van der Waals surface area contributed by atoms with Gasteiger partial charge in [-0.2, -0.15) is 0 Å². The van der Waals surface area contributed by atoms with E-state index < -0.39 is 5.60 Å². The van der Waals surface area contributed by atoms with Gasteiger partial charge in [-0.05, 0) is 39.0 Å². The molecule has 0 bridgehead atoms. The number of ether oxygens (including phenoxy) is 1. The first-order valence-corrected chi connectivity index (χ1v) is 9.57. The Labute approximate surface area is 168 Å². The number of aromatic nitrogens is 3. The SMILES string of the molecule is Cc1c(CC(=O)NC2CC(C)(C)Oc3cc(F)ccc32)nnn1-c1ccccc1. The van der Waals surface area contributed by atoms with Crippen molar-refractivity contribution in [1.82, 2.24) is 20.3 Å². The van der Waals surface area contributed by atoms with Crippen LogP contribution in [0.5, 0.6) is 5.75 Å². The molecule has 0 radical (unpaired) electrons. The molecule has 1 atom stereocenters. The van der Waals surface area contributed by atoms with Crippen molar-refractivity contribution < 1.29 is 13.9 Å². The molecule has 6 nitrogen and oxygen atoms in total. The molecule has 0 spiro atoms. The summed E-state index contributed by atoms with van der Waals surface area (Å²) in [5.74, 6) is -0.0522. The third kappa shape index (κ3) is 3.99. The molecule has 7 heteroatoms. The van der Waals surface area contributed by atoms with E-state index in [1.165, 1.54) is 12.1 Å². The number of para-hydroxylation sites is 1. The highest BCUT2D eigenvalue weighted by Crippen LogP contribution is 2.39. The van der Waals surface area contributed by atoms with Crippen LogP contribution in [0.15, 0.2) is 48.5 Å². The number of rotatable bonds is 4. The van der Waals surface area contributed by atoms with Crippen LogP contribution in [0.2, 0.25) is 0 Å². The van der Waals surface area contributed by atoms with Crippen molar-refractivity contribution in [1.29, 1.82) is 0 Å². The summed E-state index contributed by atoms with van der Waals surface area (Å²) in [7, 11) is 0. The largest absolute Gasteiger partial charge is 0.487 e. The number of halogens is 1. The number of hydrogen-bond donors (Lipinski definition) is 1. The third-order valence-electron chi connectivity index (χ3n) is 5.09. The number of nitrogens with one attached hydrogen (secondary N) is 1. The van der Waals surface area contributed by atoms with E-state index in [1.807, 2.05) is 51.1 Å². The molecule has 1 N–H and O–H groups in total. The van der Waals surface area contributed by atoms with Crippen LogP contribution >= 0.6 is 0 Å². The molecule has 0 saturated heterocycles. The molecule has 1 aliphatic rings. The van der Waals surface area contributed by atoms with Gasteiger partial charge in [0.15, 0.2) is 0 Å². The van der Waals surface area contributed by atoms with Gasteiger partial charge >= 0.3 is 0 Å². The van der Waals surface area contributed by atoms with Crippen LogP contribution in [-0.4, -0.2) is 26.5 Å². The highest BCUT2D eigenvalue weighted by atomic mass is 19.1. The molecule has 0 fully saturated rings. The van der Waals surface area contributed by atoms with Crippen molar-refractivity contribution in [3.05, 3.63) is 71.3 Å². The summed E-state index contributed by atoms with van der Waals surface area (Å²) < 4.78 is 21.2. The second-order valence-electron chi connectivity index (χ2n) is 7.91. The highest BCUT2D eigenvalue weighted by molar-refractivity contribution is 5.79. The number of amides is 1. The molecule has 0 aliphatic carbocycles. The first-order chi connectivity index (χ1) is 13.8. The molecule has 3 aromatic rings. The lowest BCUT2D eigenvalue weighted by Crippen LogP contribution is -2.41. The molecule has 1 aliphatic heterocycles. The van der Waals surface area contributed by atoms with E-state index in [1.54, 1.807) is 10.7 Å². The number of nitrogens with zero attached hydrogens (tertiary/aromatic N) is 3. The van der Waals surface area contributed by atoms with Gasteiger partial charge in [-0.3, -0.25) is 4.79 Å². The molecule has 2 heterocycles. The number of carbonyl (C=O) groups excluding carboxylic acids is 1. The van der Waals surface area contributed by atoms with Crippen molar-refractivity contribution in [2.45, 2.75) is 45.3 Å². The smallest absolute Gasteiger partial charge is 0.226 e. The van der Waals surface area contributed by atoms with Crippen LogP contribution in [0, 0.1) is 12.7 Å². The van der Waals surface area contributed by atoms with Crippen LogP contribution in [0.3, 0.4) is 0 Å². The molecule has 4 rings (SSSR count). The van der Waals surface area contributed by atoms with Gasteiger partial charge in [0.05, 0.1) is 29.5 Å². The van der Waals surface area contributed by atoms with Crippen LogP contribution in [0.1, 0.15) is 43.3 Å². The monoisotopic (exact) mass is 394 g/mol. The van der Waals surface area contributed by atoms with E-state index in [0.717, 1.165) is 16.9 Å². The van der Waals surface area contributed by atoms with Crippen molar-refractivity contribution >= 4 is 5.91 Å². The Hall–Kier alpha value is -3.22. The number of hydrogen-bond acceptors (Lipinski definition) is 4. The van der Waals surface area contributed by atoms with Crippen molar-refractivity contribution in [2.75, 3.05) is 0 Å². The quantitative estimate of drug-likeness (QED) is 0.733. The van der Waals surface area contributed by atoms with Gasteiger partial charge in [-0.25, -0.2) is 9.07 Å². The van der Waals surface area contributed by atoms with Crippen molar-refractivity contribution in [3.63, 3.8) is 0 Å². The second kappa shape index (κ2) is 7.31. The van der Waals surface area contributed by atoms with Crippen molar-refractivity contribution in [2.24, 2.45) is 0 Å². The minimum absolute atomic E-state index is 0.118. The van der Waals surface area contributed by atoms with E-state index in [-0.39, 0.29) is 24.2 Å². The van der Waals surface area contributed by atoms with Crippen LogP contribution < -0.4 is 10.1 Å². The number of benzene rings is 2. The maximum Gasteiger partial charge on any atom is 0.226 e. The van der Waals surface area contributed by atoms with Gasteiger partial charge in [-0.15, -0.1) is 5.10 Å². The summed E-state index contributed by atoms with van der Waals surface area (Å²) in [4.78, 5) is 12.8. The highest BCUT2D eigenvalue weighted by Gasteiger charge is 2.35. The van der Waals surface area contributed by atoms with Gasteiger partial charge in [0.25, 0.3) is 0 Å². The molecule has 1 aromatic heterocycles. The average molecular weight is 394 g/mol. The third-order valence-corrected chi connectivity index (χ3v) is 5.09. The van der Waals surface area contributed by atoms with Crippen LogP contribution in [0.25, 0.3) is 5.69 Å². The van der Waals surface area contributed by atoms with Crippen LogP contribution in [0.4, 0.5) is 4.39 Å². The fourth-order valence-electron chi connectivity index (χ4n) is 3.69. The zero-order valence-corrected chi connectivity index (χ0v) is 16.6. The lowest BCUT2D eigenvalue weighted by Gasteiger charge is -2.37. The summed E-state index contributed by atoms with van der Waals surface area (Å²) in [5, 5.41) is 11.4. The van der Waals surface area contributed by atoms with E-state index in [2.05, 4.69) is 15.6 Å². The van der Waals surface area contributed by atoms with E-state index in [0.29, 0.717) is 17.9 Å². The molecule has 2 aromatic carbocycles. The lowest BCUT2D eigenvalue weighted by molar-refractivity contribution is -0.121. The topological polar surface area (TPSA) is 69.0 Å². The Balaban J connectivity index is 1.52. The molecule has 1 amide bonds. The van der Waals surface area contributed by atoms with Crippen LogP contribution in [-0.2, 0) is 11.2 Å². The lowest BCUT2D eigenvalue weighted by atomic mass is 9.89. The first-order valence-electron chi connectivity index (χ1n) is 9.57. The Bertz CT molecular complexity index is 1050. The fourth-order valence-corrected chi connectivity index (χ4v) is 3.69. The summed E-state index contributed by atoms with van der Waals surface area (Å²) in [6, 6.07) is 13.8. The normalized spacial score (nSPS) is 17.3. The summed E-state index contributed by atoms with van der Waals surface area (Å²) in [6.45, 7) is 5.75. The Morgan fingerprint density at radius 2 is 2.03 bits per heavy atom. The minimum Gasteiger partial charge on any atom is -0.487 e. The molecule has 1 unspecified atom stereocenters. The summed E-state index contributed by atoms with van der Waals surface area (Å²) in [6.07, 6.45) is 0.708. The van der Waals surface area contributed by atoms with Crippen molar-refractivity contribution in [3.8, 4) is 11.4 Å². The van der Waals surface area contributed by atoms with Gasteiger partial charge in [0.2, 0.25) is 5.91 Å². The molecule has 0 saturated carbocycles. The predicted octanol–water partition coefficient (Wildman–Crippen LogP) is 3.68. The fraction of sp³-hybridized carbons (Fsp3) is 0.318. The zero-order valence-electron chi connectivity index (χ0n) is 16.6. The van der Waals surface area contributed by atoms with Gasteiger partial charge in [0.1, 0.15) is 17.2 Å². The standard InChI is InChI=1S/C22H23FN4O2/c1-14-18(25-26-27(14)16-7-5-4-6-8-16)12-21(28)24-19-13-22(2,3)29-20-11-15(23)9-10-17(19)20/h4-11,19H,12-13H2,1-3H3,(H,24,28). The Kier molecular flexibility index (Phi) is 4.82. The maximum absolute atomic E-state index is 13.6. The van der Waals surface area contributed by atoms with Gasteiger partial charge < -0.3 is 10.1 Å². The second-order valence-corrected chi connectivity index (χ2v) is 7.91. The summed E-state index contributed by atoms with van der Waals surface area (Å²) >= 11 is 0. The molecular formula is C22H23FN4O2. The number of fused-ring (bicyclic) bond motifs is 1.